The van der Waals surface area contributed by atoms with Gasteiger partial charge in [-0.25, -0.2) is 14.4 Å². The van der Waals surface area contributed by atoms with Gasteiger partial charge in [-0.05, 0) is 35.9 Å². The van der Waals surface area contributed by atoms with Crippen molar-refractivity contribution in [3.8, 4) is 11.8 Å². The molecule has 0 saturated carbocycles. The molecule has 136 valence electrons. The summed E-state index contributed by atoms with van der Waals surface area (Å²) in [6, 6.07) is 21.7. The van der Waals surface area contributed by atoms with Gasteiger partial charge in [0.1, 0.15) is 11.3 Å². The smallest absolute Gasteiger partial charge is 0.223 e. The van der Waals surface area contributed by atoms with E-state index in [1.807, 2.05) is 53.1 Å². The van der Waals surface area contributed by atoms with E-state index in [-0.39, 0.29) is 5.82 Å². The van der Waals surface area contributed by atoms with Gasteiger partial charge in [-0.1, -0.05) is 30.3 Å². The molecule has 5 aromatic rings. The number of hydrogen-bond acceptors (Lipinski definition) is 4. The molecule has 0 radical (unpaired) electrons. The quantitative estimate of drug-likeness (QED) is 0.449. The molecule has 0 aliphatic carbocycles. The molecule has 0 atom stereocenters. The average Bonchev–Trinajstić information content (AvgIpc) is 3.10. The molecule has 0 aliphatic rings. The molecule has 3 heterocycles. The molecule has 3 aromatic heterocycles. The number of ether oxygens (including phenoxy) is 1. The number of halogens is 1. The number of para-hydroxylation sites is 1. The van der Waals surface area contributed by atoms with Gasteiger partial charge in [0.2, 0.25) is 11.8 Å². The van der Waals surface area contributed by atoms with E-state index in [1.54, 1.807) is 18.5 Å². The highest BCUT2D eigenvalue weighted by Crippen LogP contribution is 2.23. The molecule has 0 fully saturated rings. The number of pyridine rings is 2. The highest BCUT2D eigenvalue weighted by Gasteiger charge is 2.09. The minimum Gasteiger partial charge on any atom is -0.421 e. The molecular weight excluding hydrogens is 355 g/mol. The van der Waals surface area contributed by atoms with Gasteiger partial charge in [-0.2, -0.15) is 4.98 Å². The van der Waals surface area contributed by atoms with Crippen LogP contribution in [0.15, 0.2) is 79.1 Å². The minimum atomic E-state index is -0.263. The van der Waals surface area contributed by atoms with E-state index in [2.05, 4.69) is 15.0 Å². The Morgan fingerprint density at radius 2 is 1.68 bits per heavy atom. The third kappa shape index (κ3) is 3.16. The molecular formula is C22H15FN4O. The van der Waals surface area contributed by atoms with Gasteiger partial charge < -0.3 is 9.30 Å². The lowest BCUT2D eigenvalue weighted by molar-refractivity contribution is 0.448. The van der Waals surface area contributed by atoms with Crippen LogP contribution in [-0.2, 0) is 6.54 Å². The van der Waals surface area contributed by atoms with Gasteiger partial charge in [-0.15, -0.1) is 0 Å². The van der Waals surface area contributed by atoms with E-state index in [0.717, 1.165) is 22.0 Å². The maximum absolute atomic E-state index is 13.5. The van der Waals surface area contributed by atoms with Crippen molar-refractivity contribution in [2.75, 3.05) is 0 Å². The summed E-state index contributed by atoms with van der Waals surface area (Å²) in [7, 11) is 0. The summed E-state index contributed by atoms with van der Waals surface area (Å²) in [5.74, 6) is 0.638. The van der Waals surface area contributed by atoms with Crippen molar-refractivity contribution in [3.05, 3.63) is 90.5 Å². The maximum Gasteiger partial charge on any atom is 0.223 e. The minimum absolute atomic E-state index is 0.263. The summed E-state index contributed by atoms with van der Waals surface area (Å²) in [5.41, 5.74) is 3.11. The molecule has 0 unspecified atom stereocenters. The number of nitrogens with zero attached hydrogens (tertiary/aromatic N) is 4. The normalized spacial score (nSPS) is 11.2. The van der Waals surface area contributed by atoms with Crippen molar-refractivity contribution >= 4 is 22.1 Å². The third-order valence-corrected chi connectivity index (χ3v) is 4.46. The van der Waals surface area contributed by atoms with Crippen LogP contribution in [0, 0.1) is 5.82 Å². The Balaban J connectivity index is 1.46. The lowest BCUT2D eigenvalue weighted by atomic mass is 10.2. The molecule has 6 heteroatoms. The van der Waals surface area contributed by atoms with Crippen molar-refractivity contribution in [1.29, 1.82) is 0 Å². The molecule has 0 aliphatic heterocycles. The van der Waals surface area contributed by atoms with Gasteiger partial charge in [0, 0.05) is 17.5 Å². The molecule has 5 rings (SSSR count). The molecule has 0 N–H and O–H groups in total. The summed E-state index contributed by atoms with van der Waals surface area (Å²) in [6.07, 6.45) is 1.70. The predicted molar refractivity (Wildman–Crippen MR) is 105 cm³/mol. The number of aromatic nitrogens is 4. The first-order chi connectivity index (χ1) is 13.7. The Labute approximate surface area is 160 Å². The number of hydrogen-bond donors (Lipinski definition) is 0. The fraction of sp³-hybridized carbons (Fsp3) is 0.0455. The van der Waals surface area contributed by atoms with E-state index in [4.69, 9.17) is 4.74 Å². The van der Waals surface area contributed by atoms with Crippen LogP contribution in [0.4, 0.5) is 4.39 Å². The summed E-state index contributed by atoms with van der Waals surface area (Å²) in [5, 5.41) is 1.05. The van der Waals surface area contributed by atoms with E-state index >= 15 is 0 Å². The van der Waals surface area contributed by atoms with Gasteiger partial charge in [0.15, 0.2) is 5.65 Å². The highest BCUT2D eigenvalue weighted by atomic mass is 19.1. The molecule has 0 bridgehead atoms. The number of rotatable bonds is 4. The van der Waals surface area contributed by atoms with Gasteiger partial charge in [0.05, 0.1) is 18.4 Å². The van der Waals surface area contributed by atoms with Crippen molar-refractivity contribution in [3.63, 3.8) is 0 Å². The van der Waals surface area contributed by atoms with Crippen LogP contribution in [0.25, 0.3) is 22.1 Å². The second-order valence-electron chi connectivity index (χ2n) is 6.44. The van der Waals surface area contributed by atoms with Gasteiger partial charge in [-0.3, -0.25) is 0 Å². The average molecular weight is 370 g/mol. The first kappa shape index (κ1) is 16.4. The predicted octanol–water partition coefficient (Wildman–Crippen LogP) is 4.96. The molecule has 2 aromatic carbocycles. The summed E-state index contributed by atoms with van der Waals surface area (Å²) < 4.78 is 21.2. The van der Waals surface area contributed by atoms with Crippen LogP contribution in [0.1, 0.15) is 5.56 Å². The standard InChI is InChI=1S/C22H15FN4O/c23-17-6-3-4-15(12-17)13-27-14-24-19-9-11-21(26-22(19)27)28-20-10-8-16-5-1-2-7-18(16)25-20/h1-12,14H,13H2. The molecule has 0 amide bonds. The Bertz CT molecular complexity index is 1300. The van der Waals surface area contributed by atoms with E-state index in [1.165, 1.54) is 12.1 Å². The Kier molecular flexibility index (Phi) is 3.94. The fourth-order valence-electron chi connectivity index (χ4n) is 3.14. The lowest BCUT2D eigenvalue weighted by Crippen LogP contribution is -2.00. The highest BCUT2D eigenvalue weighted by molar-refractivity contribution is 5.79. The molecule has 0 saturated heterocycles. The number of fused-ring (bicyclic) bond motifs is 2. The SMILES string of the molecule is Fc1cccc(Cn2cnc3ccc(Oc4ccc5ccccc5n4)nc32)c1. The van der Waals surface area contributed by atoms with Crippen LogP contribution < -0.4 is 4.74 Å². The van der Waals surface area contributed by atoms with Crippen molar-refractivity contribution < 1.29 is 9.13 Å². The van der Waals surface area contributed by atoms with Crippen LogP contribution in [0.5, 0.6) is 11.8 Å². The largest absolute Gasteiger partial charge is 0.421 e. The molecule has 0 spiro atoms. The summed E-state index contributed by atoms with van der Waals surface area (Å²) in [4.78, 5) is 13.4. The number of benzene rings is 2. The monoisotopic (exact) mass is 370 g/mol. The molecule has 28 heavy (non-hydrogen) atoms. The van der Waals surface area contributed by atoms with Crippen molar-refractivity contribution in [2.24, 2.45) is 0 Å². The van der Waals surface area contributed by atoms with Crippen LogP contribution in [0.3, 0.4) is 0 Å². The second kappa shape index (κ2) is 6.74. The Morgan fingerprint density at radius 1 is 0.821 bits per heavy atom. The topological polar surface area (TPSA) is 52.8 Å². The summed E-state index contributed by atoms with van der Waals surface area (Å²) >= 11 is 0. The Morgan fingerprint density at radius 3 is 2.61 bits per heavy atom. The van der Waals surface area contributed by atoms with E-state index in [0.29, 0.717) is 24.0 Å². The zero-order valence-corrected chi connectivity index (χ0v) is 14.8. The van der Waals surface area contributed by atoms with Crippen molar-refractivity contribution in [1.82, 2.24) is 19.5 Å². The fourth-order valence-corrected chi connectivity index (χ4v) is 3.14. The van der Waals surface area contributed by atoms with E-state index < -0.39 is 0 Å². The zero-order chi connectivity index (χ0) is 18.9. The van der Waals surface area contributed by atoms with E-state index in [9.17, 15) is 4.39 Å². The van der Waals surface area contributed by atoms with Gasteiger partial charge >= 0.3 is 0 Å². The molecule has 5 nitrogen and oxygen atoms in total. The Hall–Kier alpha value is -3.80. The second-order valence-corrected chi connectivity index (χ2v) is 6.44. The first-order valence-electron chi connectivity index (χ1n) is 8.85. The lowest BCUT2D eigenvalue weighted by Gasteiger charge is -2.07. The number of imidazole rings is 1. The van der Waals surface area contributed by atoms with Crippen molar-refractivity contribution in [2.45, 2.75) is 6.54 Å². The van der Waals surface area contributed by atoms with Crippen LogP contribution in [-0.4, -0.2) is 19.5 Å². The van der Waals surface area contributed by atoms with Crippen LogP contribution in [0.2, 0.25) is 0 Å². The van der Waals surface area contributed by atoms with Crippen LogP contribution >= 0.6 is 0 Å². The first-order valence-corrected chi connectivity index (χ1v) is 8.85. The third-order valence-electron chi connectivity index (χ3n) is 4.46. The maximum atomic E-state index is 13.5. The zero-order valence-electron chi connectivity index (χ0n) is 14.8. The summed E-state index contributed by atoms with van der Waals surface area (Å²) in [6.45, 7) is 0.471. The van der Waals surface area contributed by atoms with Gasteiger partial charge in [0.25, 0.3) is 0 Å².